The molecule has 0 saturated carbocycles. The van der Waals surface area contributed by atoms with Gasteiger partial charge in [0.1, 0.15) is 17.9 Å². The van der Waals surface area contributed by atoms with E-state index >= 15 is 0 Å². The van der Waals surface area contributed by atoms with Crippen molar-refractivity contribution in [1.29, 1.82) is 0 Å². The molecule has 106 valence electrons. The maximum absolute atomic E-state index is 11.9. The molecule has 2 aromatic heterocycles. The lowest BCUT2D eigenvalue weighted by Crippen LogP contribution is -2.17. The Balaban J connectivity index is 2.28. The summed E-state index contributed by atoms with van der Waals surface area (Å²) >= 11 is 1.34. The summed E-state index contributed by atoms with van der Waals surface area (Å²) in [5.74, 6) is -0.399. The standard InChI is InChI=1S/C11H13N5O3S/c1-7-10(16(18)19)8(2)15(13-7)6-9(17)12-11-14(3)4-5-20-11/h4-5H,6H2,1-3H3. The highest BCUT2D eigenvalue weighted by Crippen LogP contribution is 2.21. The summed E-state index contributed by atoms with van der Waals surface area (Å²) in [7, 11) is 1.79. The largest absolute Gasteiger partial charge is 0.327 e. The zero-order valence-electron chi connectivity index (χ0n) is 11.2. The van der Waals surface area contributed by atoms with Crippen molar-refractivity contribution in [2.24, 2.45) is 12.0 Å². The van der Waals surface area contributed by atoms with E-state index in [-0.39, 0.29) is 12.2 Å². The molecule has 0 aliphatic heterocycles. The maximum Gasteiger partial charge on any atom is 0.312 e. The summed E-state index contributed by atoms with van der Waals surface area (Å²) in [5, 5.41) is 16.7. The normalized spacial score (nSPS) is 11.8. The Morgan fingerprint density at radius 1 is 1.55 bits per heavy atom. The zero-order valence-corrected chi connectivity index (χ0v) is 12.0. The van der Waals surface area contributed by atoms with Crippen LogP contribution < -0.4 is 4.80 Å². The lowest BCUT2D eigenvalue weighted by molar-refractivity contribution is -0.386. The van der Waals surface area contributed by atoms with E-state index in [1.807, 2.05) is 5.38 Å². The Bertz CT molecular complexity index is 740. The Morgan fingerprint density at radius 3 is 2.75 bits per heavy atom. The number of carbonyl (C=O) groups is 1. The zero-order chi connectivity index (χ0) is 14.9. The first-order valence-corrected chi connectivity index (χ1v) is 6.64. The van der Waals surface area contributed by atoms with Gasteiger partial charge in [-0.2, -0.15) is 10.1 Å². The number of nitro groups is 1. The van der Waals surface area contributed by atoms with Crippen molar-refractivity contribution in [2.45, 2.75) is 20.4 Å². The molecule has 0 spiro atoms. The molecule has 2 rings (SSSR count). The van der Waals surface area contributed by atoms with Gasteiger partial charge < -0.3 is 4.57 Å². The van der Waals surface area contributed by atoms with E-state index in [0.29, 0.717) is 16.2 Å². The van der Waals surface area contributed by atoms with E-state index in [1.54, 1.807) is 31.7 Å². The van der Waals surface area contributed by atoms with Crippen molar-refractivity contribution < 1.29 is 9.72 Å². The van der Waals surface area contributed by atoms with E-state index in [9.17, 15) is 14.9 Å². The van der Waals surface area contributed by atoms with Crippen LogP contribution in [0.3, 0.4) is 0 Å². The molecule has 0 bridgehead atoms. The molecule has 2 aromatic rings. The molecule has 2 heterocycles. The molecule has 0 unspecified atom stereocenters. The molecular formula is C11H13N5O3S. The number of carbonyl (C=O) groups excluding carboxylic acids is 1. The van der Waals surface area contributed by atoms with Gasteiger partial charge in [0.2, 0.25) is 0 Å². The number of aryl methyl sites for hydroxylation is 2. The minimum Gasteiger partial charge on any atom is -0.327 e. The van der Waals surface area contributed by atoms with Crippen molar-refractivity contribution in [3.8, 4) is 0 Å². The highest BCUT2D eigenvalue weighted by Gasteiger charge is 2.22. The second kappa shape index (κ2) is 5.37. The number of rotatable bonds is 3. The first kappa shape index (κ1) is 14.1. The van der Waals surface area contributed by atoms with Crippen LogP contribution in [0.5, 0.6) is 0 Å². The predicted molar refractivity (Wildman–Crippen MR) is 72.2 cm³/mol. The summed E-state index contributed by atoms with van der Waals surface area (Å²) in [5.41, 5.74) is 0.591. The molecule has 0 aromatic carbocycles. The van der Waals surface area contributed by atoms with Crippen molar-refractivity contribution in [2.75, 3.05) is 0 Å². The van der Waals surface area contributed by atoms with Crippen LogP contribution in [0.4, 0.5) is 5.69 Å². The van der Waals surface area contributed by atoms with Crippen molar-refractivity contribution >= 4 is 22.9 Å². The number of nitrogens with zero attached hydrogens (tertiary/aromatic N) is 5. The molecule has 0 N–H and O–H groups in total. The Morgan fingerprint density at radius 2 is 2.25 bits per heavy atom. The number of hydrogen-bond acceptors (Lipinski definition) is 5. The Hall–Kier alpha value is -2.29. The van der Waals surface area contributed by atoms with Crippen molar-refractivity contribution in [3.05, 3.63) is 37.9 Å². The molecule has 0 radical (unpaired) electrons. The third-order valence-corrected chi connectivity index (χ3v) is 3.64. The summed E-state index contributed by atoms with van der Waals surface area (Å²) in [6.07, 6.45) is 1.80. The fourth-order valence-electron chi connectivity index (χ4n) is 1.81. The van der Waals surface area contributed by atoms with Gasteiger partial charge in [0.05, 0.1) is 4.92 Å². The van der Waals surface area contributed by atoms with Gasteiger partial charge in [0, 0.05) is 18.6 Å². The van der Waals surface area contributed by atoms with Gasteiger partial charge in [-0.25, -0.2) is 0 Å². The van der Waals surface area contributed by atoms with Crippen LogP contribution >= 0.6 is 11.3 Å². The predicted octanol–water partition coefficient (Wildman–Crippen LogP) is 0.936. The third-order valence-electron chi connectivity index (χ3n) is 2.79. The number of hydrogen-bond donors (Lipinski definition) is 0. The van der Waals surface area contributed by atoms with Crippen LogP contribution in [0.25, 0.3) is 0 Å². The van der Waals surface area contributed by atoms with Gasteiger partial charge in [0.25, 0.3) is 5.91 Å². The quantitative estimate of drug-likeness (QED) is 0.621. The second-order valence-corrected chi connectivity index (χ2v) is 5.11. The van der Waals surface area contributed by atoms with Crippen LogP contribution in [0.15, 0.2) is 16.6 Å². The van der Waals surface area contributed by atoms with E-state index in [2.05, 4.69) is 10.1 Å². The van der Waals surface area contributed by atoms with Crippen LogP contribution in [0, 0.1) is 24.0 Å². The molecule has 0 saturated heterocycles. The monoisotopic (exact) mass is 295 g/mol. The maximum atomic E-state index is 11.9. The first-order valence-electron chi connectivity index (χ1n) is 5.76. The van der Waals surface area contributed by atoms with Gasteiger partial charge in [-0.05, 0) is 13.8 Å². The topological polar surface area (TPSA) is 95.3 Å². The molecule has 8 nitrogen and oxygen atoms in total. The van der Waals surface area contributed by atoms with Crippen LogP contribution in [-0.4, -0.2) is 25.2 Å². The van der Waals surface area contributed by atoms with E-state index in [4.69, 9.17) is 0 Å². The van der Waals surface area contributed by atoms with Gasteiger partial charge in [-0.1, -0.05) is 0 Å². The number of aromatic nitrogens is 3. The average Bonchev–Trinajstić information content (AvgIpc) is 2.84. The minimum atomic E-state index is -0.491. The fourth-order valence-corrected chi connectivity index (χ4v) is 2.56. The third kappa shape index (κ3) is 2.67. The Kier molecular flexibility index (Phi) is 3.79. The van der Waals surface area contributed by atoms with Crippen LogP contribution in [0.2, 0.25) is 0 Å². The molecule has 9 heteroatoms. The lowest BCUT2D eigenvalue weighted by atomic mass is 10.3. The van der Waals surface area contributed by atoms with E-state index in [1.165, 1.54) is 16.0 Å². The molecule has 0 atom stereocenters. The number of amides is 1. The van der Waals surface area contributed by atoms with Gasteiger partial charge >= 0.3 is 5.69 Å². The fraction of sp³-hybridized carbons (Fsp3) is 0.364. The van der Waals surface area contributed by atoms with Gasteiger partial charge in [-0.15, -0.1) is 11.3 Å². The highest BCUT2D eigenvalue weighted by molar-refractivity contribution is 7.07. The minimum absolute atomic E-state index is 0.0560. The summed E-state index contributed by atoms with van der Waals surface area (Å²) in [6.45, 7) is 3.00. The average molecular weight is 295 g/mol. The summed E-state index contributed by atoms with van der Waals surface area (Å²) < 4.78 is 3.04. The first-order chi connectivity index (χ1) is 9.40. The lowest BCUT2D eigenvalue weighted by Gasteiger charge is -1.99. The molecule has 0 aliphatic carbocycles. The van der Waals surface area contributed by atoms with Gasteiger partial charge in [0.15, 0.2) is 4.80 Å². The smallest absolute Gasteiger partial charge is 0.312 e. The van der Waals surface area contributed by atoms with Crippen molar-refractivity contribution in [3.63, 3.8) is 0 Å². The summed E-state index contributed by atoms with van der Waals surface area (Å²) in [4.78, 5) is 26.8. The molecule has 0 fully saturated rings. The summed E-state index contributed by atoms with van der Waals surface area (Å²) in [6, 6.07) is 0. The van der Waals surface area contributed by atoms with Gasteiger partial charge in [-0.3, -0.25) is 19.6 Å². The molecule has 0 aliphatic rings. The van der Waals surface area contributed by atoms with Crippen molar-refractivity contribution in [1.82, 2.24) is 14.3 Å². The van der Waals surface area contributed by atoms with Crippen LogP contribution in [0.1, 0.15) is 11.4 Å². The van der Waals surface area contributed by atoms with E-state index < -0.39 is 10.8 Å². The molecule has 1 amide bonds. The number of thiazole rings is 1. The molecule has 20 heavy (non-hydrogen) atoms. The highest BCUT2D eigenvalue weighted by atomic mass is 32.1. The second-order valence-electron chi connectivity index (χ2n) is 4.24. The Labute approximate surface area is 118 Å². The van der Waals surface area contributed by atoms with Crippen LogP contribution in [-0.2, 0) is 18.4 Å². The van der Waals surface area contributed by atoms with E-state index in [0.717, 1.165) is 0 Å². The SMILES string of the molecule is Cc1nn(CC(=O)N=c2sccn2C)c(C)c1[N+](=O)[O-]. The molecular weight excluding hydrogens is 282 g/mol.